The van der Waals surface area contributed by atoms with Crippen LogP contribution in [0.15, 0.2) is 16.7 Å². The molecule has 0 bridgehead atoms. The highest BCUT2D eigenvalue weighted by atomic mass is 16.3. The van der Waals surface area contributed by atoms with E-state index in [1.165, 1.54) is 0 Å². The molecular formula is C11H16N2O2. The summed E-state index contributed by atoms with van der Waals surface area (Å²) >= 11 is 0. The molecule has 2 N–H and O–H groups in total. The summed E-state index contributed by atoms with van der Waals surface area (Å²) in [5, 5.41) is 5.97. The summed E-state index contributed by atoms with van der Waals surface area (Å²) in [6.07, 6.45) is 3.92. The van der Waals surface area contributed by atoms with Crippen molar-refractivity contribution in [1.82, 2.24) is 10.6 Å². The van der Waals surface area contributed by atoms with Crippen LogP contribution >= 0.6 is 0 Å². The number of furan rings is 1. The Morgan fingerprint density at radius 2 is 2.40 bits per heavy atom. The predicted molar refractivity (Wildman–Crippen MR) is 56.3 cm³/mol. The molecule has 1 amide bonds. The van der Waals surface area contributed by atoms with E-state index in [0.717, 1.165) is 24.2 Å². The number of hydrogen-bond acceptors (Lipinski definition) is 3. The van der Waals surface area contributed by atoms with E-state index in [1.54, 1.807) is 6.26 Å². The highest BCUT2D eigenvalue weighted by Crippen LogP contribution is 2.18. The number of amides is 1. The van der Waals surface area contributed by atoms with E-state index in [-0.39, 0.29) is 5.91 Å². The zero-order chi connectivity index (χ0) is 10.7. The summed E-state index contributed by atoms with van der Waals surface area (Å²) in [5.41, 5.74) is 1.12. The van der Waals surface area contributed by atoms with Gasteiger partial charge in [-0.15, -0.1) is 0 Å². The first-order valence-electron chi connectivity index (χ1n) is 5.29. The normalized spacial score (nSPS) is 15.3. The van der Waals surface area contributed by atoms with Gasteiger partial charge in [0.2, 0.25) is 5.91 Å². The van der Waals surface area contributed by atoms with Crippen LogP contribution in [0.3, 0.4) is 0 Å². The minimum absolute atomic E-state index is 0.0710. The van der Waals surface area contributed by atoms with Gasteiger partial charge < -0.3 is 15.1 Å². The number of nitrogens with one attached hydrogen (secondary N) is 2. The molecule has 1 aromatic heterocycles. The predicted octanol–water partition coefficient (Wildman–Crippen LogP) is 0.956. The van der Waals surface area contributed by atoms with Crippen molar-refractivity contribution in [2.24, 2.45) is 0 Å². The average Bonchev–Trinajstić information content (AvgIpc) is 2.91. The Hall–Kier alpha value is -1.29. The fourth-order valence-corrected chi connectivity index (χ4v) is 1.38. The van der Waals surface area contributed by atoms with Crippen LogP contribution in [0.1, 0.15) is 24.2 Å². The molecule has 0 aliphatic heterocycles. The maximum absolute atomic E-state index is 11.3. The van der Waals surface area contributed by atoms with E-state index >= 15 is 0 Å². The summed E-state index contributed by atoms with van der Waals surface area (Å²) in [6, 6.07) is 2.35. The zero-order valence-corrected chi connectivity index (χ0v) is 8.88. The van der Waals surface area contributed by atoms with E-state index in [2.05, 4.69) is 10.6 Å². The molecule has 0 atom stereocenters. The Bertz CT molecular complexity index is 342. The van der Waals surface area contributed by atoms with Gasteiger partial charge in [-0.2, -0.15) is 0 Å². The van der Waals surface area contributed by atoms with Crippen molar-refractivity contribution in [3.63, 3.8) is 0 Å². The van der Waals surface area contributed by atoms with E-state index in [4.69, 9.17) is 4.42 Å². The van der Waals surface area contributed by atoms with Crippen LogP contribution in [0.5, 0.6) is 0 Å². The molecule has 1 heterocycles. The Morgan fingerprint density at radius 1 is 1.60 bits per heavy atom. The van der Waals surface area contributed by atoms with Crippen molar-refractivity contribution in [2.75, 3.05) is 6.54 Å². The second kappa shape index (κ2) is 4.49. The molecule has 4 heteroatoms. The first-order chi connectivity index (χ1) is 7.25. The van der Waals surface area contributed by atoms with Crippen LogP contribution in [-0.4, -0.2) is 18.5 Å². The average molecular weight is 208 g/mol. The fourth-order valence-electron chi connectivity index (χ4n) is 1.38. The van der Waals surface area contributed by atoms with Crippen molar-refractivity contribution in [2.45, 2.75) is 32.4 Å². The minimum atomic E-state index is 0.0710. The molecule has 15 heavy (non-hydrogen) atoms. The van der Waals surface area contributed by atoms with Crippen LogP contribution in [0.25, 0.3) is 0 Å². The monoisotopic (exact) mass is 208 g/mol. The minimum Gasteiger partial charge on any atom is -0.468 e. The summed E-state index contributed by atoms with van der Waals surface area (Å²) in [5.74, 6) is 0.968. The Labute approximate surface area is 89.0 Å². The molecule has 0 unspecified atom stereocenters. The third-order valence-corrected chi connectivity index (χ3v) is 2.48. The van der Waals surface area contributed by atoms with Gasteiger partial charge in [-0.1, -0.05) is 0 Å². The van der Waals surface area contributed by atoms with Crippen LogP contribution in [0.4, 0.5) is 0 Å². The molecular weight excluding hydrogens is 192 g/mol. The van der Waals surface area contributed by atoms with E-state index in [9.17, 15) is 4.79 Å². The standard InChI is InChI=1S/C11H16N2O2/c1-8-4-5-15-10(8)6-12-7-11(14)13-9-2-3-9/h4-5,9,12H,2-3,6-7H2,1H3,(H,13,14). The lowest BCUT2D eigenvalue weighted by molar-refractivity contribution is -0.120. The molecule has 0 spiro atoms. The molecule has 4 nitrogen and oxygen atoms in total. The van der Waals surface area contributed by atoms with Crippen LogP contribution in [0.2, 0.25) is 0 Å². The Morgan fingerprint density at radius 3 is 3.00 bits per heavy atom. The second-order valence-electron chi connectivity index (χ2n) is 3.97. The number of rotatable bonds is 5. The molecule has 0 radical (unpaired) electrons. The van der Waals surface area contributed by atoms with Gasteiger partial charge in [0.05, 0.1) is 19.4 Å². The number of carbonyl (C=O) groups excluding carboxylic acids is 1. The molecule has 1 aliphatic rings. The molecule has 2 rings (SSSR count). The van der Waals surface area contributed by atoms with Gasteiger partial charge in [0, 0.05) is 6.04 Å². The van der Waals surface area contributed by atoms with Gasteiger partial charge in [-0.25, -0.2) is 0 Å². The van der Waals surface area contributed by atoms with Gasteiger partial charge >= 0.3 is 0 Å². The topological polar surface area (TPSA) is 54.3 Å². The number of aryl methyl sites for hydroxylation is 1. The highest BCUT2D eigenvalue weighted by Gasteiger charge is 2.22. The third kappa shape index (κ3) is 3.09. The maximum atomic E-state index is 11.3. The molecule has 1 aromatic rings. The Kier molecular flexibility index (Phi) is 3.06. The molecule has 0 aromatic carbocycles. The van der Waals surface area contributed by atoms with Crippen molar-refractivity contribution in [3.05, 3.63) is 23.7 Å². The summed E-state index contributed by atoms with van der Waals surface area (Å²) in [6.45, 7) is 2.96. The summed E-state index contributed by atoms with van der Waals surface area (Å²) in [7, 11) is 0. The summed E-state index contributed by atoms with van der Waals surface area (Å²) < 4.78 is 5.25. The zero-order valence-electron chi connectivity index (χ0n) is 8.88. The van der Waals surface area contributed by atoms with Crippen LogP contribution in [-0.2, 0) is 11.3 Å². The van der Waals surface area contributed by atoms with Crippen LogP contribution in [0, 0.1) is 6.92 Å². The van der Waals surface area contributed by atoms with Crippen molar-refractivity contribution >= 4 is 5.91 Å². The lowest BCUT2D eigenvalue weighted by atomic mass is 10.3. The van der Waals surface area contributed by atoms with E-state index in [1.807, 2.05) is 13.0 Å². The molecule has 1 saturated carbocycles. The van der Waals surface area contributed by atoms with E-state index in [0.29, 0.717) is 19.1 Å². The smallest absolute Gasteiger partial charge is 0.234 e. The molecule has 0 saturated heterocycles. The van der Waals surface area contributed by atoms with Crippen molar-refractivity contribution in [1.29, 1.82) is 0 Å². The van der Waals surface area contributed by atoms with Gasteiger partial charge in [0.15, 0.2) is 0 Å². The second-order valence-corrected chi connectivity index (χ2v) is 3.97. The molecule has 82 valence electrons. The maximum Gasteiger partial charge on any atom is 0.234 e. The fraction of sp³-hybridized carbons (Fsp3) is 0.545. The van der Waals surface area contributed by atoms with Gasteiger partial charge in [0.25, 0.3) is 0 Å². The Balaban J connectivity index is 1.65. The van der Waals surface area contributed by atoms with E-state index < -0.39 is 0 Å². The summed E-state index contributed by atoms with van der Waals surface area (Å²) in [4.78, 5) is 11.3. The van der Waals surface area contributed by atoms with Gasteiger partial charge in [0.1, 0.15) is 5.76 Å². The first-order valence-corrected chi connectivity index (χ1v) is 5.29. The van der Waals surface area contributed by atoms with Crippen molar-refractivity contribution < 1.29 is 9.21 Å². The van der Waals surface area contributed by atoms with Gasteiger partial charge in [-0.3, -0.25) is 4.79 Å². The van der Waals surface area contributed by atoms with Crippen molar-refractivity contribution in [3.8, 4) is 0 Å². The SMILES string of the molecule is Cc1ccoc1CNCC(=O)NC1CC1. The quantitative estimate of drug-likeness (QED) is 0.757. The molecule has 1 aliphatic carbocycles. The lowest BCUT2D eigenvalue weighted by Crippen LogP contribution is -2.34. The largest absolute Gasteiger partial charge is 0.468 e. The number of carbonyl (C=O) groups is 1. The molecule has 1 fully saturated rings. The third-order valence-electron chi connectivity index (χ3n) is 2.48. The lowest BCUT2D eigenvalue weighted by Gasteiger charge is -2.04. The highest BCUT2D eigenvalue weighted by molar-refractivity contribution is 5.78. The first kappa shape index (κ1) is 10.2. The van der Waals surface area contributed by atoms with Gasteiger partial charge in [-0.05, 0) is 31.4 Å². The number of hydrogen-bond donors (Lipinski definition) is 2. The van der Waals surface area contributed by atoms with Crippen LogP contribution < -0.4 is 10.6 Å².